The van der Waals surface area contributed by atoms with E-state index < -0.39 is 90.4 Å². The highest BCUT2D eigenvalue weighted by atomic mass is 79.9. The highest BCUT2D eigenvalue weighted by molar-refractivity contribution is 9.10. The van der Waals surface area contributed by atoms with Crippen LogP contribution in [0.3, 0.4) is 0 Å². The average molecular weight is 734 g/mol. The topological polar surface area (TPSA) is 189 Å². The van der Waals surface area contributed by atoms with Gasteiger partial charge in [-0.2, -0.15) is 26.3 Å². The third-order valence-electron chi connectivity index (χ3n) is 4.13. The molecule has 0 saturated carbocycles. The Balaban J connectivity index is 3.46. The molecule has 0 aliphatic heterocycles. The van der Waals surface area contributed by atoms with E-state index in [1.54, 1.807) is 0 Å². The molecule has 0 fully saturated rings. The summed E-state index contributed by atoms with van der Waals surface area (Å²) in [6.07, 6.45) is 0. The Kier molecular flexibility index (Phi) is 7.87. The van der Waals surface area contributed by atoms with Crippen molar-refractivity contribution in [2.45, 2.75) is 30.6 Å². The van der Waals surface area contributed by atoms with Gasteiger partial charge in [0.2, 0.25) is 20.0 Å². The Morgan fingerprint density at radius 2 is 0.778 bits per heavy atom. The molecule has 2 aromatic rings. The number of primary sulfonamides is 2. The van der Waals surface area contributed by atoms with E-state index in [2.05, 4.69) is 31.9 Å². The molecular formula is C14H8Br2F6N2O8S4. The van der Waals surface area contributed by atoms with Gasteiger partial charge >= 0.3 is 11.0 Å². The molecule has 36 heavy (non-hydrogen) atoms. The highest BCUT2D eigenvalue weighted by Crippen LogP contribution is 2.47. The predicted molar refractivity (Wildman–Crippen MR) is 117 cm³/mol. The molecule has 0 bridgehead atoms. The molecule has 2 aromatic carbocycles. The Hall–Kier alpha value is -1.30. The van der Waals surface area contributed by atoms with E-state index in [0.717, 1.165) is 0 Å². The largest absolute Gasteiger partial charge is 0.501 e. The SMILES string of the molecule is NS(=O)(=O)c1c(Br)ccc(-c2ccc(Br)c(S(N)(=O)=O)c2S(=O)(=O)C(F)(F)F)c1S(=O)(=O)C(F)(F)F. The lowest BCUT2D eigenvalue weighted by Crippen LogP contribution is -2.29. The average Bonchev–Trinajstić information content (AvgIpc) is 2.63. The zero-order valence-electron chi connectivity index (χ0n) is 16.4. The minimum atomic E-state index is -6.81. The highest BCUT2D eigenvalue weighted by Gasteiger charge is 2.53. The van der Waals surface area contributed by atoms with E-state index >= 15 is 0 Å². The van der Waals surface area contributed by atoms with Crippen molar-refractivity contribution >= 4 is 71.6 Å². The second-order valence-corrected chi connectivity index (χ2v) is 15.0. The third kappa shape index (κ3) is 5.31. The Morgan fingerprint density at radius 1 is 0.528 bits per heavy atom. The van der Waals surface area contributed by atoms with Gasteiger partial charge in [0, 0.05) is 20.1 Å². The number of hydrogen-bond acceptors (Lipinski definition) is 8. The summed E-state index contributed by atoms with van der Waals surface area (Å²) in [6, 6.07) is 1.69. The molecule has 202 valence electrons. The van der Waals surface area contributed by atoms with Crippen molar-refractivity contribution in [3.8, 4) is 11.1 Å². The molecule has 0 atom stereocenters. The van der Waals surface area contributed by atoms with Crippen molar-refractivity contribution in [2.75, 3.05) is 0 Å². The number of rotatable bonds is 5. The quantitative estimate of drug-likeness (QED) is 0.439. The van der Waals surface area contributed by atoms with Crippen LogP contribution in [0.2, 0.25) is 0 Å². The van der Waals surface area contributed by atoms with Crippen molar-refractivity contribution in [1.29, 1.82) is 0 Å². The van der Waals surface area contributed by atoms with Crippen molar-refractivity contribution in [3.05, 3.63) is 33.2 Å². The van der Waals surface area contributed by atoms with Gasteiger partial charge in [-0.3, -0.25) is 0 Å². The molecule has 0 saturated heterocycles. The monoisotopic (exact) mass is 732 g/mol. The fraction of sp³-hybridized carbons (Fsp3) is 0.143. The number of halogens is 8. The summed E-state index contributed by atoms with van der Waals surface area (Å²) >= 11 is 4.97. The molecule has 0 aromatic heterocycles. The summed E-state index contributed by atoms with van der Waals surface area (Å²) in [4.78, 5) is -8.14. The number of sulfonamides is 2. The molecule has 22 heteroatoms. The van der Waals surface area contributed by atoms with E-state index in [-0.39, 0.29) is 0 Å². The van der Waals surface area contributed by atoms with Gasteiger partial charge in [-0.1, -0.05) is 12.1 Å². The van der Waals surface area contributed by atoms with E-state index in [1.165, 1.54) is 0 Å². The second-order valence-electron chi connectivity index (χ2n) is 6.49. The van der Waals surface area contributed by atoms with Gasteiger partial charge in [0.05, 0.1) is 0 Å². The molecule has 0 amide bonds. The molecule has 0 radical (unpaired) electrons. The maximum absolute atomic E-state index is 13.5. The van der Waals surface area contributed by atoms with Crippen LogP contribution in [0.4, 0.5) is 26.3 Å². The van der Waals surface area contributed by atoms with Gasteiger partial charge in [-0.05, 0) is 44.0 Å². The van der Waals surface area contributed by atoms with E-state index in [9.17, 15) is 60.0 Å². The number of hydrogen-bond donors (Lipinski definition) is 2. The summed E-state index contributed by atoms with van der Waals surface area (Å²) in [5.74, 6) is 0. The summed E-state index contributed by atoms with van der Waals surface area (Å²) in [5.41, 5.74) is -15.8. The van der Waals surface area contributed by atoms with Gasteiger partial charge in [-0.15, -0.1) is 0 Å². The van der Waals surface area contributed by atoms with Gasteiger partial charge in [-0.25, -0.2) is 43.9 Å². The first-order valence-electron chi connectivity index (χ1n) is 8.11. The Morgan fingerprint density at radius 3 is 0.972 bits per heavy atom. The van der Waals surface area contributed by atoms with Crippen LogP contribution >= 0.6 is 31.9 Å². The molecule has 0 aliphatic rings. The third-order valence-corrected chi connectivity index (χ3v) is 11.4. The Bertz CT molecular complexity index is 1580. The lowest BCUT2D eigenvalue weighted by atomic mass is 10.1. The van der Waals surface area contributed by atoms with Gasteiger partial charge in [0.15, 0.2) is 0 Å². The van der Waals surface area contributed by atoms with Crippen LogP contribution in [0, 0.1) is 0 Å². The molecule has 10 nitrogen and oxygen atoms in total. The summed E-state index contributed by atoms with van der Waals surface area (Å²) in [7, 11) is -24.4. The van der Waals surface area contributed by atoms with Gasteiger partial charge in [0.1, 0.15) is 19.6 Å². The first-order valence-corrected chi connectivity index (χ1v) is 15.8. The molecule has 4 N–H and O–H groups in total. The molecule has 0 spiro atoms. The number of nitrogens with two attached hydrogens (primary N) is 2. The van der Waals surface area contributed by atoms with Crippen LogP contribution in [-0.2, 0) is 39.7 Å². The fourth-order valence-corrected chi connectivity index (χ4v) is 9.95. The fourth-order valence-electron chi connectivity index (χ4n) is 2.80. The smallest absolute Gasteiger partial charge is 0.225 e. The van der Waals surface area contributed by atoms with Crippen LogP contribution in [-0.4, -0.2) is 44.7 Å². The molecule has 0 aliphatic carbocycles. The van der Waals surface area contributed by atoms with Crippen molar-refractivity contribution in [2.24, 2.45) is 10.3 Å². The number of sulfone groups is 2. The van der Waals surface area contributed by atoms with Crippen LogP contribution in [0.1, 0.15) is 0 Å². The zero-order valence-corrected chi connectivity index (χ0v) is 22.8. The van der Waals surface area contributed by atoms with E-state index in [0.29, 0.717) is 24.3 Å². The maximum atomic E-state index is 13.5. The molecule has 0 unspecified atom stereocenters. The lowest BCUT2D eigenvalue weighted by molar-refractivity contribution is -0.0444. The first-order chi connectivity index (χ1) is 15.8. The van der Waals surface area contributed by atoms with Crippen molar-refractivity contribution in [1.82, 2.24) is 0 Å². The van der Waals surface area contributed by atoms with E-state index in [1.807, 2.05) is 0 Å². The Labute approximate surface area is 215 Å². The lowest BCUT2D eigenvalue weighted by Gasteiger charge is -2.21. The van der Waals surface area contributed by atoms with Crippen molar-refractivity contribution < 1.29 is 60.0 Å². The minimum absolute atomic E-state index is 0.308. The molecular weight excluding hydrogens is 726 g/mol. The van der Waals surface area contributed by atoms with Crippen LogP contribution in [0.15, 0.2) is 52.8 Å². The van der Waals surface area contributed by atoms with Crippen LogP contribution in [0.25, 0.3) is 11.1 Å². The number of alkyl halides is 6. The molecule has 0 heterocycles. The second kappa shape index (κ2) is 9.17. The number of benzene rings is 2. The van der Waals surface area contributed by atoms with Crippen LogP contribution in [0.5, 0.6) is 0 Å². The first kappa shape index (κ1) is 30.9. The van der Waals surface area contributed by atoms with E-state index in [4.69, 9.17) is 10.3 Å². The minimum Gasteiger partial charge on any atom is -0.225 e. The standard InChI is InChI=1S/C14H8Br2F6N2O8S4/c15-7-3-1-5(9(11(7)35(23,29)30)33(25,26)13(17,18)19)6-2-4-8(16)12(36(24,31)32)10(6)34(27,28)14(20,21)22/h1-4H,(H2,23,29,30)(H2,24,31,32). The summed E-state index contributed by atoms with van der Waals surface area (Å²) < 4.78 is 177. The van der Waals surface area contributed by atoms with Crippen LogP contribution < -0.4 is 10.3 Å². The predicted octanol–water partition coefficient (Wildman–Crippen LogP) is 2.76. The van der Waals surface area contributed by atoms with Gasteiger partial charge < -0.3 is 0 Å². The normalized spacial score (nSPS) is 14.2. The summed E-state index contributed by atoms with van der Waals surface area (Å²) in [5, 5.41) is 9.70. The van der Waals surface area contributed by atoms with Gasteiger partial charge in [0.25, 0.3) is 19.7 Å². The summed E-state index contributed by atoms with van der Waals surface area (Å²) in [6.45, 7) is 0. The maximum Gasteiger partial charge on any atom is 0.501 e. The van der Waals surface area contributed by atoms with Crippen molar-refractivity contribution in [3.63, 3.8) is 0 Å². The zero-order chi connectivity index (χ0) is 28.4. The molecule has 2 rings (SSSR count).